The van der Waals surface area contributed by atoms with E-state index in [0.29, 0.717) is 22.8 Å². The number of halogens is 2. The third-order valence-electron chi connectivity index (χ3n) is 5.00. The molecule has 3 heterocycles. The highest BCUT2D eigenvalue weighted by Gasteiger charge is 2.16. The topological polar surface area (TPSA) is 92.9 Å². The molecule has 162 valence electrons. The van der Waals surface area contributed by atoms with Gasteiger partial charge in [0.2, 0.25) is 5.95 Å². The van der Waals surface area contributed by atoms with Crippen molar-refractivity contribution in [2.45, 2.75) is 13.0 Å². The van der Waals surface area contributed by atoms with Crippen LogP contribution >= 0.6 is 11.6 Å². The molecule has 3 aromatic heterocycles. The van der Waals surface area contributed by atoms with Gasteiger partial charge in [-0.05, 0) is 48.4 Å². The summed E-state index contributed by atoms with van der Waals surface area (Å²) in [6, 6.07) is 10.1. The predicted molar refractivity (Wildman–Crippen MR) is 121 cm³/mol. The molecule has 9 heteroatoms. The molecule has 4 aromatic rings. The van der Waals surface area contributed by atoms with Gasteiger partial charge in [0, 0.05) is 42.1 Å². The van der Waals surface area contributed by atoms with Gasteiger partial charge in [-0.3, -0.25) is 9.78 Å². The zero-order valence-electron chi connectivity index (χ0n) is 17.0. The third-order valence-corrected chi connectivity index (χ3v) is 5.29. The second kappa shape index (κ2) is 9.25. The molecular formula is C23H19ClFN5O2. The number of aliphatic hydroxyl groups excluding tert-OH is 1. The maximum absolute atomic E-state index is 13.5. The molecule has 7 nitrogen and oxygen atoms in total. The first kappa shape index (κ1) is 21.6. The predicted octanol–water partition coefficient (Wildman–Crippen LogP) is 4.13. The molecule has 0 amide bonds. The van der Waals surface area contributed by atoms with Gasteiger partial charge < -0.3 is 15.0 Å². The summed E-state index contributed by atoms with van der Waals surface area (Å²) >= 11 is 5.86. The average Bonchev–Trinajstić information content (AvgIpc) is 2.79. The number of aryl methyl sites for hydroxylation is 1. The van der Waals surface area contributed by atoms with E-state index in [9.17, 15) is 14.3 Å². The highest BCUT2D eigenvalue weighted by atomic mass is 35.5. The zero-order chi connectivity index (χ0) is 22.7. The minimum atomic E-state index is -0.702. The van der Waals surface area contributed by atoms with E-state index in [0.717, 1.165) is 11.3 Å². The van der Waals surface area contributed by atoms with Crippen LogP contribution in [0, 0.1) is 12.7 Å². The molecule has 32 heavy (non-hydrogen) atoms. The van der Waals surface area contributed by atoms with Gasteiger partial charge in [-0.1, -0.05) is 17.7 Å². The lowest BCUT2D eigenvalue weighted by Gasteiger charge is -2.19. The summed E-state index contributed by atoms with van der Waals surface area (Å²) in [5.41, 5.74) is 3.10. The summed E-state index contributed by atoms with van der Waals surface area (Å²) in [6.07, 6.45) is 6.57. The van der Waals surface area contributed by atoms with Crippen molar-refractivity contribution < 1.29 is 9.50 Å². The number of anilines is 2. The summed E-state index contributed by atoms with van der Waals surface area (Å²) in [4.78, 5) is 25.6. The van der Waals surface area contributed by atoms with Crippen LogP contribution in [0.1, 0.15) is 17.2 Å². The Morgan fingerprint density at radius 3 is 2.75 bits per heavy atom. The fourth-order valence-corrected chi connectivity index (χ4v) is 3.48. The van der Waals surface area contributed by atoms with E-state index in [1.807, 2.05) is 13.0 Å². The summed E-state index contributed by atoms with van der Waals surface area (Å²) in [6.45, 7) is 1.57. The van der Waals surface area contributed by atoms with Gasteiger partial charge in [-0.2, -0.15) is 0 Å². The van der Waals surface area contributed by atoms with Gasteiger partial charge in [-0.15, -0.1) is 0 Å². The number of aliphatic hydroxyl groups is 1. The summed E-state index contributed by atoms with van der Waals surface area (Å²) in [5.74, 6) is -0.180. The third kappa shape index (κ3) is 4.51. The van der Waals surface area contributed by atoms with Crippen molar-refractivity contribution in [1.82, 2.24) is 19.5 Å². The van der Waals surface area contributed by atoms with Crippen molar-refractivity contribution in [3.63, 3.8) is 0 Å². The van der Waals surface area contributed by atoms with Gasteiger partial charge in [-0.25, -0.2) is 14.4 Å². The van der Waals surface area contributed by atoms with Crippen LogP contribution in [0.4, 0.5) is 16.0 Å². The molecule has 1 aromatic carbocycles. The quantitative estimate of drug-likeness (QED) is 0.458. The van der Waals surface area contributed by atoms with Gasteiger partial charge >= 0.3 is 0 Å². The van der Waals surface area contributed by atoms with Crippen LogP contribution in [0.5, 0.6) is 0 Å². The van der Waals surface area contributed by atoms with Gasteiger partial charge in [0.15, 0.2) is 0 Å². The number of nitrogens with zero attached hydrogens (tertiary/aromatic N) is 4. The van der Waals surface area contributed by atoms with Gasteiger partial charge in [0.1, 0.15) is 5.82 Å². The van der Waals surface area contributed by atoms with E-state index < -0.39 is 11.9 Å². The molecule has 0 aliphatic rings. The SMILES string of the molecule is Cc1cnccc1Nc1nccc(-c2ccn(C(CO)c3ccc(F)c(Cl)c3)c(=O)c2)n1. The number of hydrogen-bond acceptors (Lipinski definition) is 6. The van der Waals surface area contributed by atoms with Crippen LogP contribution < -0.4 is 10.9 Å². The van der Waals surface area contributed by atoms with Gasteiger partial charge in [0.25, 0.3) is 5.56 Å². The molecule has 4 rings (SSSR count). The first-order chi connectivity index (χ1) is 15.5. The Kier molecular flexibility index (Phi) is 6.25. The number of hydrogen-bond donors (Lipinski definition) is 2. The van der Waals surface area contributed by atoms with E-state index in [1.54, 1.807) is 36.9 Å². The van der Waals surface area contributed by atoms with Crippen molar-refractivity contribution >= 4 is 23.2 Å². The Morgan fingerprint density at radius 1 is 1.19 bits per heavy atom. The number of rotatable bonds is 6. The first-order valence-electron chi connectivity index (χ1n) is 9.75. The standard InChI is InChI=1S/C23H19ClFN5O2/c1-14-12-26-7-4-19(14)28-23-27-8-5-20(29-23)15-6-9-30(22(32)11-15)21(13-31)16-2-3-18(25)17(24)10-16/h2-12,21,31H,13H2,1H3,(H,26,27,28,29). The Balaban J connectivity index is 1.64. The van der Waals surface area contributed by atoms with Crippen LogP contribution in [-0.2, 0) is 0 Å². The molecule has 0 radical (unpaired) electrons. The molecule has 0 fully saturated rings. The monoisotopic (exact) mass is 451 g/mol. The fraction of sp³-hybridized carbons (Fsp3) is 0.130. The Morgan fingerprint density at radius 2 is 2.03 bits per heavy atom. The van der Waals surface area contributed by atoms with Crippen LogP contribution in [0.3, 0.4) is 0 Å². The molecule has 1 unspecified atom stereocenters. The first-order valence-corrected chi connectivity index (χ1v) is 10.1. The lowest BCUT2D eigenvalue weighted by Crippen LogP contribution is -2.26. The minimum absolute atomic E-state index is 0.0731. The second-order valence-corrected chi connectivity index (χ2v) is 7.52. The Bertz CT molecular complexity index is 1330. The Hall–Kier alpha value is -3.62. The lowest BCUT2D eigenvalue weighted by atomic mass is 10.1. The number of nitrogens with one attached hydrogen (secondary N) is 1. The molecule has 0 aliphatic heterocycles. The Labute approximate surface area is 188 Å². The normalized spacial score (nSPS) is 11.9. The molecule has 0 bridgehead atoms. The highest BCUT2D eigenvalue weighted by Crippen LogP contribution is 2.24. The smallest absolute Gasteiger partial charge is 0.251 e. The van der Waals surface area contributed by atoms with E-state index in [1.165, 1.54) is 28.8 Å². The average molecular weight is 452 g/mol. The molecule has 2 N–H and O–H groups in total. The van der Waals surface area contributed by atoms with E-state index >= 15 is 0 Å². The van der Waals surface area contributed by atoms with Gasteiger partial charge in [0.05, 0.1) is 23.4 Å². The van der Waals surface area contributed by atoms with E-state index in [4.69, 9.17) is 11.6 Å². The second-order valence-electron chi connectivity index (χ2n) is 7.11. The molecule has 1 atom stereocenters. The minimum Gasteiger partial charge on any atom is -0.394 e. The molecule has 0 aliphatic carbocycles. The summed E-state index contributed by atoms with van der Waals surface area (Å²) in [7, 11) is 0. The van der Waals surface area contributed by atoms with Crippen molar-refractivity contribution in [3.8, 4) is 11.3 Å². The molecule has 0 spiro atoms. The fourth-order valence-electron chi connectivity index (χ4n) is 3.29. The van der Waals surface area contributed by atoms with Crippen molar-refractivity contribution in [2.75, 3.05) is 11.9 Å². The van der Waals surface area contributed by atoms with Crippen LogP contribution in [0.2, 0.25) is 5.02 Å². The number of benzene rings is 1. The summed E-state index contributed by atoms with van der Waals surface area (Å²) < 4.78 is 14.9. The lowest BCUT2D eigenvalue weighted by molar-refractivity contribution is 0.247. The van der Waals surface area contributed by atoms with Crippen molar-refractivity contribution in [1.29, 1.82) is 0 Å². The molecule has 0 saturated heterocycles. The zero-order valence-corrected chi connectivity index (χ0v) is 17.8. The van der Waals surface area contributed by atoms with E-state index in [-0.39, 0.29) is 17.2 Å². The highest BCUT2D eigenvalue weighted by molar-refractivity contribution is 6.30. The number of aromatic nitrogens is 4. The maximum Gasteiger partial charge on any atom is 0.251 e. The summed E-state index contributed by atoms with van der Waals surface area (Å²) in [5, 5.41) is 12.9. The number of pyridine rings is 2. The van der Waals surface area contributed by atoms with Crippen molar-refractivity contribution in [2.24, 2.45) is 0 Å². The van der Waals surface area contributed by atoms with Crippen LogP contribution in [0.15, 0.2) is 72.0 Å². The van der Waals surface area contributed by atoms with Crippen LogP contribution in [-0.4, -0.2) is 31.2 Å². The molecule has 0 saturated carbocycles. The molecular weight excluding hydrogens is 433 g/mol. The van der Waals surface area contributed by atoms with Crippen molar-refractivity contribution in [3.05, 3.63) is 99.6 Å². The van der Waals surface area contributed by atoms with Crippen LogP contribution in [0.25, 0.3) is 11.3 Å². The van der Waals surface area contributed by atoms with E-state index in [2.05, 4.69) is 20.3 Å². The largest absolute Gasteiger partial charge is 0.394 e. The maximum atomic E-state index is 13.5.